The molecule has 0 unspecified atom stereocenters. The molecule has 0 bridgehead atoms. The predicted molar refractivity (Wildman–Crippen MR) is 126 cm³/mol. The molecule has 1 fully saturated rings. The zero-order chi connectivity index (χ0) is 24.7. The van der Waals surface area contributed by atoms with Gasteiger partial charge in [0.15, 0.2) is 11.4 Å². The Bertz CT molecular complexity index is 1400. The molecular formula is C26H24F3N5O. The molecule has 1 aromatic carbocycles. The highest BCUT2D eigenvalue weighted by Crippen LogP contribution is 2.41. The molecule has 3 aromatic heterocycles. The highest BCUT2D eigenvalue weighted by Gasteiger charge is 2.40. The van der Waals surface area contributed by atoms with E-state index in [-0.39, 0.29) is 29.6 Å². The van der Waals surface area contributed by atoms with Gasteiger partial charge in [-0.3, -0.25) is 14.9 Å². The molecule has 0 aliphatic carbocycles. The first kappa shape index (κ1) is 23.2. The lowest BCUT2D eigenvalue weighted by molar-refractivity contribution is -0.138. The highest BCUT2D eigenvalue weighted by molar-refractivity contribution is 6.01. The fourth-order valence-electron chi connectivity index (χ4n) is 5.05. The number of aromatic nitrogens is 4. The van der Waals surface area contributed by atoms with E-state index in [1.165, 1.54) is 18.3 Å². The molecule has 2 atom stereocenters. The van der Waals surface area contributed by atoms with Gasteiger partial charge in [-0.1, -0.05) is 18.2 Å². The number of hydrogen-bond acceptors (Lipinski definition) is 5. The summed E-state index contributed by atoms with van der Waals surface area (Å²) >= 11 is 0. The number of halogens is 3. The Morgan fingerprint density at radius 1 is 1.14 bits per heavy atom. The normalized spacial score (nSPS) is 18.9. The minimum Gasteiger partial charge on any atom is -0.305 e. The van der Waals surface area contributed by atoms with Crippen LogP contribution in [-0.2, 0) is 6.18 Å². The van der Waals surface area contributed by atoms with Gasteiger partial charge >= 0.3 is 6.18 Å². The smallest absolute Gasteiger partial charge is 0.305 e. The van der Waals surface area contributed by atoms with Gasteiger partial charge in [0.05, 0.1) is 11.3 Å². The maximum absolute atomic E-state index is 13.7. The predicted octanol–water partition coefficient (Wildman–Crippen LogP) is 5.27. The molecule has 1 aliphatic rings. The SMILES string of the molecule is Cc1cc(-c2[nH]nc3ncc(C(=O)C[C@@H]4CN(C)C[C@H]4c4ccccc4C(F)(F)F)cc23)ccn1. The Balaban J connectivity index is 1.44. The molecule has 4 heterocycles. The van der Waals surface area contributed by atoms with Crippen LogP contribution in [0, 0.1) is 12.8 Å². The molecule has 1 saturated heterocycles. The number of likely N-dealkylation sites (tertiary alicyclic amines) is 1. The zero-order valence-corrected chi connectivity index (χ0v) is 19.3. The van der Waals surface area contributed by atoms with Gasteiger partial charge in [0.1, 0.15) is 0 Å². The number of benzene rings is 1. The average Bonchev–Trinajstić information content (AvgIpc) is 3.41. The summed E-state index contributed by atoms with van der Waals surface area (Å²) in [6, 6.07) is 11.2. The maximum Gasteiger partial charge on any atom is 0.416 e. The summed E-state index contributed by atoms with van der Waals surface area (Å²) in [4.78, 5) is 23.9. The molecule has 180 valence electrons. The molecule has 35 heavy (non-hydrogen) atoms. The molecule has 0 radical (unpaired) electrons. The van der Waals surface area contributed by atoms with Crippen LogP contribution in [0.1, 0.15) is 39.5 Å². The number of nitrogens with zero attached hydrogens (tertiary/aromatic N) is 4. The zero-order valence-electron chi connectivity index (χ0n) is 19.3. The van der Waals surface area contributed by atoms with Gasteiger partial charge < -0.3 is 4.90 Å². The van der Waals surface area contributed by atoms with Crippen molar-refractivity contribution >= 4 is 16.8 Å². The molecule has 6 nitrogen and oxygen atoms in total. The van der Waals surface area contributed by atoms with E-state index in [1.807, 2.05) is 31.0 Å². The topological polar surface area (TPSA) is 74.8 Å². The Hall–Kier alpha value is -3.59. The average molecular weight is 480 g/mol. The van der Waals surface area contributed by atoms with Crippen LogP contribution >= 0.6 is 0 Å². The van der Waals surface area contributed by atoms with Crippen molar-refractivity contribution in [1.29, 1.82) is 0 Å². The van der Waals surface area contributed by atoms with Gasteiger partial charge in [0, 0.05) is 60.0 Å². The number of carbonyl (C=O) groups is 1. The van der Waals surface area contributed by atoms with Gasteiger partial charge in [0.2, 0.25) is 0 Å². The van der Waals surface area contributed by atoms with E-state index in [4.69, 9.17) is 0 Å². The van der Waals surface area contributed by atoms with Crippen LogP contribution in [0.25, 0.3) is 22.3 Å². The number of carbonyl (C=O) groups excluding carboxylic acids is 1. The second kappa shape index (κ2) is 8.88. The number of hydrogen-bond donors (Lipinski definition) is 1. The van der Waals surface area contributed by atoms with Crippen LogP contribution in [0.3, 0.4) is 0 Å². The molecule has 1 aliphatic heterocycles. The van der Waals surface area contributed by atoms with Crippen molar-refractivity contribution in [3.8, 4) is 11.3 Å². The van der Waals surface area contributed by atoms with Crippen LogP contribution in [0.5, 0.6) is 0 Å². The summed E-state index contributed by atoms with van der Waals surface area (Å²) < 4.78 is 41.0. The number of rotatable bonds is 5. The first-order valence-electron chi connectivity index (χ1n) is 11.4. The van der Waals surface area contributed by atoms with E-state index >= 15 is 0 Å². The van der Waals surface area contributed by atoms with Gasteiger partial charge in [-0.15, -0.1) is 0 Å². The first-order valence-corrected chi connectivity index (χ1v) is 11.4. The Labute approximate surface area is 200 Å². The molecule has 9 heteroatoms. The van der Waals surface area contributed by atoms with E-state index < -0.39 is 11.7 Å². The first-order chi connectivity index (χ1) is 16.7. The van der Waals surface area contributed by atoms with Crippen LogP contribution in [0.2, 0.25) is 0 Å². The minimum atomic E-state index is -4.44. The largest absolute Gasteiger partial charge is 0.416 e. The number of likely N-dealkylation sites (N-methyl/N-ethyl adjacent to an activating group) is 1. The number of fused-ring (bicyclic) bond motifs is 1. The highest BCUT2D eigenvalue weighted by atomic mass is 19.4. The van der Waals surface area contributed by atoms with Crippen LogP contribution in [0.4, 0.5) is 13.2 Å². The van der Waals surface area contributed by atoms with E-state index in [9.17, 15) is 18.0 Å². The Morgan fingerprint density at radius 3 is 2.71 bits per heavy atom. The maximum atomic E-state index is 13.7. The molecule has 5 rings (SSSR count). The summed E-state index contributed by atoms with van der Waals surface area (Å²) in [5, 5.41) is 7.94. The fraction of sp³-hybridized carbons (Fsp3) is 0.308. The molecular weight excluding hydrogens is 455 g/mol. The monoisotopic (exact) mass is 479 g/mol. The lowest BCUT2D eigenvalue weighted by Crippen LogP contribution is -2.19. The van der Waals surface area contributed by atoms with Crippen molar-refractivity contribution in [2.75, 3.05) is 20.1 Å². The van der Waals surface area contributed by atoms with Gasteiger partial charge in [-0.05, 0) is 49.7 Å². The number of alkyl halides is 3. The summed E-state index contributed by atoms with van der Waals surface area (Å²) in [6.07, 6.45) is -1.11. The van der Waals surface area contributed by atoms with Crippen molar-refractivity contribution in [1.82, 2.24) is 25.1 Å². The number of ketones is 1. The lowest BCUT2D eigenvalue weighted by Gasteiger charge is -2.22. The van der Waals surface area contributed by atoms with Crippen LogP contribution < -0.4 is 0 Å². The number of pyridine rings is 2. The number of nitrogens with one attached hydrogen (secondary N) is 1. The summed E-state index contributed by atoms with van der Waals surface area (Å²) in [6.45, 7) is 2.91. The number of aromatic amines is 1. The van der Waals surface area contributed by atoms with Gasteiger partial charge in [0.25, 0.3) is 0 Å². The van der Waals surface area contributed by atoms with Crippen LogP contribution in [0.15, 0.2) is 54.9 Å². The summed E-state index contributed by atoms with van der Waals surface area (Å²) in [5.41, 5.74) is 3.00. The van der Waals surface area contributed by atoms with Crippen molar-refractivity contribution in [2.45, 2.75) is 25.4 Å². The summed E-state index contributed by atoms with van der Waals surface area (Å²) in [5.74, 6) is -0.770. The molecule has 1 N–H and O–H groups in total. The van der Waals surface area contributed by atoms with Gasteiger partial charge in [-0.2, -0.15) is 18.3 Å². The molecule has 0 spiro atoms. The molecule has 4 aromatic rings. The van der Waals surface area contributed by atoms with Crippen LogP contribution in [-0.4, -0.2) is 51.0 Å². The number of Topliss-reactive ketones (excluding diaryl/α,β-unsaturated/α-hetero) is 1. The number of H-pyrrole nitrogens is 1. The third kappa shape index (κ3) is 4.55. The summed E-state index contributed by atoms with van der Waals surface area (Å²) in [7, 11) is 1.87. The standard InChI is InChI=1S/C26H24F3N5O/c1-15-9-16(7-8-30-15)24-20-10-17(12-31-25(20)33-32-24)23(35)11-18-13-34(2)14-21(18)19-5-3-4-6-22(19)26(27,28)29/h3-10,12,18,21H,11,13-14H2,1-2H3,(H,31,32,33)/t18-,21-/m1/s1. The van der Waals surface area contributed by atoms with E-state index in [0.717, 1.165) is 23.0 Å². The van der Waals surface area contributed by atoms with E-state index in [1.54, 1.807) is 18.3 Å². The van der Waals surface area contributed by atoms with E-state index in [0.29, 0.717) is 29.7 Å². The number of aryl methyl sites for hydroxylation is 1. The Morgan fingerprint density at radius 2 is 1.94 bits per heavy atom. The molecule has 0 amide bonds. The second-order valence-corrected chi connectivity index (χ2v) is 9.18. The van der Waals surface area contributed by atoms with Gasteiger partial charge in [-0.25, -0.2) is 4.98 Å². The fourth-order valence-corrected chi connectivity index (χ4v) is 5.05. The van der Waals surface area contributed by atoms with Crippen molar-refractivity contribution in [2.24, 2.45) is 5.92 Å². The van der Waals surface area contributed by atoms with Crippen molar-refractivity contribution in [3.63, 3.8) is 0 Å². The third-order valence-corrected chi connectivity index (χ3v) is 6.65. The second-order valence-electron chi connectivity index (χ2n) is 9.18. The Kier molecular flexibility index (Phi) is 5.88. The minimum absolute atomic E-state index is 0.135. The van der Waals surface area contributed by atoms with E-state index in [2.05, 4.69) is 20.2 Å². The van der Waals surface area contributed by atoms with Crippen molar-refractivity contribution in [3.05, 3.63) is 77.2 Å². The lowest BCUT2D eigenvalue weighted by atomic mass is 9.82. The van der Waals surface area contributed by atoms with Crippen molar-refractivity contribution < 1.29 is 18.0 Å². The molecule has 0 saturated carbocycles. The third-order valence-electron chi connectivity index (χ3n) is 6.65. The quantitative estimate of drug-likeness (QED) is 0.395.